The van der Waals surface area contributed by atoms with Crippen molar-refractivity contribution in [3.05, 3.63) is 76.0 Å². The highest BCUT2D eigenvalue weighted by Crippen LogP contribution is 2.42. The lowest BCUT2D eigenvalue weighted by Crippen LogP contribution is -2.42. The predicted octanol–water partition coefficient (Wildman–Crippen LogP) is 5.91. The van der Waals surface area contributed by atoms with Gasteiger partial charge in [0.25, 0.3) is 0 Å². The summed E-state index contributed by atoms with van der Waals surface area (Å²) in [5.41, 5.74) is 5.23. The van der Waals surface area contributed by atoms with Crippen molar-refractivity contribution in [2.45, 2.75) is 57.3 Å². The van der Waals surface area contributed by atoms with Crippen LogP contribution in [0.4, 0.5) is 0 Å². The van der Waals surface area contributed by atoms with Gasteiger partial charge >= 0.3 is 0 Å². The molecular weight excluding hydrogens is 651 g/mol. The molecule has 3 N–H and O–H groups in total. The number of hydrogen-bond acceptors (Lipinski definition) is 9. The molecular formula is C36H40Cl2N6O4. The molecule has 252 valence electrons. The van der Waals surface area contributed by atoms with Gasteiger partial charge in [0.05, 0.1) is 47.5 Å². The van der Waals surface area contributed by atoms with E-state index in [9.17, 15) is 9.90 Å². The van der Waals surface area contributed by atoms with E-state index in [1.807, 2.05) is 55.5 Å². The fraction of sp³-hybridized carbons (Fsp3) is 0.389. The first-order valence-electron chi connectivity index (χ1n) is 16.1. The Morgan fingerprint density at radius 3 is 2.19 bits per heavy atom. The number of methoxy groups -OCH3 is 2. The van der Waals surface area contributed by atoms with E-state index in [1.165, 1.54) is 0 Å². The van der Waals surface area contributed by atoms with Gasteiger partial charge in [0, 0.05) is 73.0 Å². The van der Waals surface area contributed by atoms with Crippen molar-refractivity contribution in [3.8, 4) is 45.4 Å². The Labute approximate surface area is 290 Å². The van der Waals surface area contributed by atoms with Gasteiger partial charge in [-0.2, -0.15) is 0 Å². The Morgan fingerprint density at radius 1 is 0.938 bits per heavy atom. The van der Waals surface area contributed by atoms with Gasteiger partial charge in [-0.1, -0.05) is 65.7 Å². The van der Waals surface area contributed by atoms with Crippen molar-refractivity contribution in [3.63, 3.8) is 0 Å². The molecule has 1 amide bonds. The largest absolute Gasteiger partial charge is 0.481 e. The molecule has 0 radical (unpaired) electrons. The first-order chi connectivity index (χ1) is 23.2. The molecule has 2 fully saturated rings. The second kappa shape index (κ2) is 14.8. The van der Waals surface area contributed by atoms with Crippen LogP contribution in [0.5, 0.6) is 11.8 Å². The Balaban J connectivity index is 1.23. The first kappa shape index (κ1) is 34.1. The fourth-order valence-corrected chi connectivity index (χ4v) is 6.88. The van der Waals surface area contributed by atoms with E-state index in [4.69, 9.17) is 42.6 Å². The minimum Gasteiger partial charge on any atom is -0.481 e. The lowest BCUT2D eigenvalue weighted by atomic mass is 9.93. The van der Waals surface area contributed by atoms with Crippen LogP contribution < -0.4 is 20.1 Å². The molecule has 1 atom stereocenters. The number of nitrogens with one attached hydrogen (secondary N) is 2. The molecule has 0 saturated carbocycles. The Hall–Kier alpha value is -3.80. The summed E-state index contributed by atoms with van der Waals surface area (Å²) in [4.78, 5) is 28.0. The van der Waals surface area contributed by atoms with Crippen LogP contribution in [-0.2, 0) is 17.9 Å². The number of aromatic nitrogens is 3. The number of rotatable bonds is 11. The summed E-state index contributed by atoms with van der Waals surface area (Å²) >= 11 is 14.1. The molecule has 4 heterocycles. The van der Waals surface area contributed by atoms with Crippen LogP contribution >= 0.6 is 23.2 Å². The van der Waals surface area contributed by atoms with Crippen molar-refractivity contribution in [1.29, 1.82) is 0 Å². The molecule has 6 rings (SSSR count). The van der Waals surface area contributed by atoms with Crippen LogP contribution in [0.2, 0.25) is 10.0 Å². The molecule has 10 nitrogen and oxygen atoms in total. The van der Waals surface area contributed by atoms with Crippen molar-refractivity contribution < 1.29 is 19.4 Å². The van der Waals surface area contributed by atoms with Crippen LogP contribution in [0.3, 0.4) is 0 Å². The van der Waals surface area contributed by atoms with Crippen molar-refractivity contribution in [2.75, 3.05) is 33.9 Å². The minimum absolute atomic E-state index is 0.0859. The lowest BCUT2D eigenvalue weighted by Gasteiger charge is -2.35. The second-order valence-corrected chi connectivity index (χ2v) is 13.4. The Bertz CT molecular complexity index is 1790. The topological polar surface area (TPSA) is 122 Å². The summed E-state index contributed by atoms with van der Waals surface area (Å²) in [5, 5.41) is 17.6. The third kappa shape index (κ3) is 7.58. The molecule has 0 aliphatic carbocycles. The van der Waals surface area contributed by atoms with Gasteiger partial charge in [0.2, 0.25) is 17.7 Å². The first-order valence-corrected chi connectivity index (χ1v) is 16.9. The molecule has 1 unspecified atom stereocenters. The van der Waals surface area contributed by atoms with Gasteiger partial charge in [-0.05, 0) is 32.3 Å². The zero-order valence-corrected chi connectivity index (χ0v) is 28.9. The fourth-order valence-electron chi connectivity index (χ4n) is 6.23. The summed E-state index contributed by atoms with van der Waals surface area (Å²) in [7, 11) is 3.19. The SMILES string of the molecule is COc1nc(-c2cccc(-c3cccc(-c4cnc(CNCC5CCC(=O)N5)c(OC)n4)c3Cl)c2Cl)ccc1CN1CCC(C)(O)CC1. The van der Waals surface area contributed by atoms with Crippen molar-refractivity contribution in [1.82, 2.24) is 30.5 Å². The molecule has 2 aromatic carbocycles. The third-order valence-corrected chi connectivity index (χ3v) is 9.89. The highest BCUT2D eigenvalue weighted by atomic mass is 35.5. The summed E-state index contributed by atoms with van der Waals surface area (Å²) in [6, 6.07) is 15.6. The average Bonchev–Trinajstić information content (AvgIpc) is 3.51. The highest BCUT2D eigenvalue weighted by Gasteiger charge is 2.28. The molecule has 48 heavy (non-hydrogen) atoms. The van der Waals surface area contributed by atoms with E-state index in [1.54, 1.807) is 20.4 Å². The molecule has 12 heteroatoms. The maximum atomic E-state index is 11.5. The molecule has 2 saturated heterocycles. The Kier molecular flexibility index (Phi) is 10.5. The smallest absolute Gasteiger partial charge is 0.237 e. The number of likely N-dealkylation sites (tertiary alicyclic amines) is 1. The summed E-state index contributed by atoms with van der Waals surface area (Å²) < 4.78 is 11.3. The molecule has 2 aromatic heterocycles. The average molecular weight is 692 g/mol. The second-order valence-electron chi connectivity index (χ2n) is 12.6. The minimum atomic E-state index is -0.604. The van der Waals surface area contributed by atoms with Gasteiger partial charge in [0.1, 0.15) is 5.69 Å². The molecule has 2 aliphatic heterocycles. The molecule has 2 aliphatic rings. The number of halogens is 2. The number of pyridine rings is 1. The van der Waals surface area contributed by atoms with Crippen LogP contribution in [-0.4, -0.2) is 76.4 Å². The molecule has 0 spiro atoms. The number of benzene rings is 2. The number of hydrogen-bond donors (Lipinski definition) is 3. The van der Waals surface area contributed by atoms with Gasteiger partial charge in [-0.3, -0.25) is 14.7 Å². The van der Waals surface area contributed by atoms with Gasteiger partial charge in [0.15, 0.2) is 0 Å². The van der Waals surface area contributed by atoms with E-state index in [2.05, 4.69) is 20.5 Å². The van der Waals surface area contributed by atoms with Gasteiger partial charge in [-0.15, -0.1) is 0 Å². The zero-order chi connectivity index (χ0) is 33.8. The predicted molar refractivity (Wildman–Crippen MR) is 187 cm³/mol. The lowest BCUT2D eigenvalue weighted by molar-refractivity contribution is -0.119. The van der Waals surface area contributed by atoms with Gasteiger partial charge in [-0.25, -0.2) is 9.97 Å². The van der Waals surface area contributed by atoms with Crippen molar-refractivity contribution in [2.24, 2.45) is 0 Å². The van der Waals surface area contributed by atoms with E-state index >= 15 is 0 Å². The third-order valence-electron chi connectivity index (χ3n) is 9.07. The maximum Gasteiger partial charge on any atom is 0.237 e. The zero-order valence-electron chi connectivity index (χ0n) is 27.4. The number of aliphatic hydroxyl groups is 1. The highest BCUT2D eigenvalue weighted by molar-refractivity contribution is 6.39. The standard InChI is InChI=1S/C36H40Cl2N6O4/c1-36(46)14-16-44(17-15-36)21-22-10-12-28(42-34(22)47-2)26-8-4-6-24(32(26)37)25-7-5-9-27(33(25)38)29-20-40-30(35(43-29)48-3)19-39-18-23-11-13-31(45)41-23/h4-10,12,20,23,39,46H,11,13-19,21H2,1-3H3,(H,41,45). The normalized spacial score (nSPS) is 17.7. The van der Waals surface area contributed by atoms with Crippen molar-refractivity contribution >= 4 is 29.1 Å². The summed E-state index contributed by atoms with van der Waals surface area (Å²) in [5.74, 6) is 1.03. The van der Waals surface area contributed by atoms with Crippen LogP contribution in [0.25, 0.3) is 33.6 Å². The number of ether oxygens (including phenoxy) is 2. The number of carbonyl (C=O) groups is 1. The number of nitrogens with zero attached hydrogens (tertiary/aromatic N) is 4. The van der Waals surface area contributed by atoms with Gasteiger partial charge < -0.3 is 25.2 Å². The van der Waals surface area contributed by atoms with E-state index < -0.39 is 5.60 Å². The number of amides is 1. The van der Waals surface area contributed by atoms with E-state index in [0.717, 1.165) is 54.6 Å². The van der Waals surface area contributed by atoms with E-state index in [-0.39, 0.29) is 11.9 Å². The number of piperidine rings is 1. The summed E-state index contributed by atoms with van der Waals surface area (Å²) in [6.07, 6.45) is 4.53. The van der Waals surface area contributed by atoms with Crippen LogP contribution in [0.1, 0.15) is 43.9 Å². The van der Waals surface area contributed by atoms with Crippen LogP contribution in [0.15, 0.2) is 54.7 Å². The summed E-state index contributed by atoms with van der Waals surface area (Å²) in [6.45, 7) is 5.30. The maximum absolute atomic E-state index is 11.5. The molecule has 0 bridgehead atoms. The van der Waals surface area contributed by atoms with E-state index in [0.29, 0.717) is 70.5 Å². The quantitative estimate of drug-likeness (QED) is 0.176. The molecule has 4 aromatic rings. The monoisotopic (exact) mass is 690 g/mol. The Morgan fingerprint density at radius 2 is 1.56 bits per heavy atom. The van der Waals surface area contributed by atoms with Crippen LogP contribution in [0, 0.1) is 0 Å². The number of carbonyl (C=O) groups excluding carboxylic acids is 1.